The molecular formula is C13H15NO2. The monoisotopic (exact) mass is 217 g/mol. The zero-order chi connectivity index (χ0) is 12.0. The number of rotatable bonds is 4. The zero-order valence-electron chi connectivity index (χ0n) is 9.56. The summed E-state index contributed by atoms with van der Waals surface area (Å²) in [6, 6.07) is 9.34. The van der Waals surface area contributed by atoms with E-state index in [4.69, 9.17) is 10.00 Å². The van der Waals surface area contributed by atoms with Gasteiger partial charge in [-0.15, -0.1) is 0 Å². The Labute approximate surface area is 95.7 Å². The summed E-state index contributed by atoms with van der Waals surface area (Å²) in [5.41, 5.74) is 1.68. The molecule has 0 aromatic heterocycles. The quantitative estimate of drug-likeness (QED) is 0.728. The summed E-state index contributed by atoms with van der Waals surface area (Å²) >= 11 is 0. The van der Waals surface area contributed by atoms with Crippen molar-refractivity contribution in [2.45, 2.75) is 26.2 Å². The Kier molecular flexibility index (Phi) is 4.53. The number of hydrogen-bond acceptors (Lipinski definition) is 3. The highest BCUT2D eigenvalue weighted by Crippen LogP contribution is 2.19. The lowest BCUT2D eigenvalue weighted by atomic mass is 9.97. The Hall–Kier alpha value is -1.82. The zero-order valence-corrected chi connectivity index (χ0v) is 9.56. The number of carbonyl (C=O) groups is 1. The first kappa shape index (κ1) is 12.3. The predicted molar refractivity (Wildman–Crippen MR) is 60.8 cm³/mol. The lowest BCUT2D eigenvalue weighted by molar-refractivity contribution is -0.143. The molecular weight excluding hydrogens is 202 g/mol. The van der Waals surface area contributed by atoms with E-state index in [2.05, 4.69) is 6.07 Å². The lowest BCUT2D eigenvalue weighted by Gasteiger charge is -2.10. The Morgan fingerprint density at radius 2 is 2.06 bits per heavy atom. The van der Waals surface area contributed by atoms with Gasteiger partial charge in [0.1, 0.15) is 0 Å². The Bertz CT molecular complexity index is 389. The van der Waals surface area contributed by atoms with Crippen LogP contribution in [-0.2, 0) is 9.53 Å². The van der Waals surface area contributed by atoms with Crippen LogP contribution < -0.4 is 0 Å². The predicted octanol–water partition coefficient (Wildman–Crippen LogP) is 2.61. The van der Waals surface area contributed by atoms with Crippen molar-refractivity contribution < 1.29 is 9.53 Å². The SMILES string of the molecule is CCOC(=O)CC(C)c1ccc(C#N)cc1. The van der Waals surface area contributed by atoms with Gasteiger partial charge in [0.25, 0.3) is 0 Å². The molecule has 0 fully saturated rings. The average Bonchev–Trinajstić information content (AvgIpc) is 2.29. The highest BCUT2D eigenvalue weighted by atomic mass is 16.5. The van der Waals surface area contributed by atoms with E-state index in [1.54, 1.807) is 19.1 Å². The fraction of sp³-hybridized carbons (Fsp3) is 0.385. The number of ether oxygens (including phenoxy) is 1. The van der Waals surface area contributed by atoms with Crippen LogP contribution in [0.3, 0.4) is 0 Å². The molecule has 0 aliphatic rings. The molecule has 0 saturated heterocycles. The van der Waals surface area contributed by atoms with E-state index in [0.29, 0.717) is 18.6 Å². The minimum Gasteiger partial charge on any atom is -0.466 e. The molecule has 0 aliphatic heterocycles. The number of carbonyl (C=O) groups excluding carboxylic acids is 1. The van der Waals surface area contributed by atoms with Gasteiger partial charge in [0, 0.05) is 0 Å². The summed E-state index contributed by atoms with van der Waals surface area (Å²) in [6.07, 6.45) is 0.375. The molecule has 0 spiro atoms. The van der Waals surface area contributed by atoms with Gasteiger partial charge in [-0.25, -0.2) is 0 Å². The van der Waals surface area contributed by atoms with Crippen molar-refractivity contribution in [2.75, 3.05) is 6.61 Å². The molecule has 3 nitrogen and oxygen atoms in total. The fourth-order valence-electron chi connectivity index (χ4n) is 1.47. The number of esters is 1. The van der Waals surface area contributed by atoms with E-state index in [-0.39, 0.29) is 11.9 Å². The van der Waals surface area contributed by atoms with E-state index in [1.807, 2.05) is 19.1 Å². The molecule has 84 valence electrons. The second kappa shape index (κ2) is 5.92. The molecule has 0 N–H and O–H groups in total. The van der Waals surface area contributed by atoms with Crippen LogP contribution >= 0.6 is 0 Å². The Morgan fingerprint density at radius 1 is 1.44 bits per heavy atom. The first-order valence-corrected chi connectivity index (χ1v) is 5.33. The van der Waals surface area contributed by atoms with E-state index in [0.717, 1.165) is 5.56 Å². The third-order valence-electron chi connectivity index (χ3n) is 2.39. The lowest BCUT2D eigenvalue weighted by Crippen LogP contribution is -2.08. The van der Waals surface area contributed by atoms with Crippen LogP contribution in [0, 0.1) is 11.3 Å². The third kappa shape index (κ3) is 3.39. The van der Waals surface area contributed by atoms with Gasteiger partial charge in [-0.3, -0.25) is 4.79 Å². The number of benzene rings is 1. The molecule has 3 heteroatoms. The molecule has 0 radical (unpaired) electrons. The van der Waals surface area contributed by atoms with Crippen molar-refractivity contribution in [3.63, 3.8) is 0 Å². The Morgan fingerprint density at radius 3 is 2.56 bits per heavy atom. The first-order valence-electron chi connectivity index (χ1n) is 5.33. The van der Waals surface area contributed by atoms with E-state index in [9.17, 15) is 4.79 Å². The second-order valence-electron chi connectivity index (χ2n) is 3.64. The van der Waals surface area contributed by atoms with E-state index < -0.39 is 0 Å². The van der Waals surface area contributed by atoms with Crippen molar-refractivity contribution in [3.05, 3.63) is 35.4 Å². The minimum absolute atomic E-state index is 0.117. The van der Waals surface area contributed by atoms with Gasteiger partial charge in [0.2, 0.25) is 0 Å². The van der Waals surface area contributed by atoms with Crippen molar-refractivity contribution in [2.24, 2.45) is 0 Å². The molecule has 1 aromatic carbocycles. The van der Waals surface area contributed by atoms with E-state index in [1.165, 1.54) is 0 Å². The van der Waals surface area contributed by atoms with Crippen LogP contribution in [0.2, 0.25) is 0 Å². The third-order valence-corrected chi connectivity index (χ3v) is 2.39. The molecule has 1 unspecified atom stereocenters. The van der Waals surface area contributed by atoms with Gasteiger partial charge in [0.05, 0.1) is 24.7 Å². The topological polar surface area (TPSA) is 50.1 Å². The second-order valence-corrected chi connectivity index (χ2v) is 3.64. The highest BCUT2D eigenvalue weighted by molar-refractivity contribution is 5.70. The normalized spacial score (nSPS) is 11.6. The molecule has 0 amide bonds. The maximum atomic E-state index is 11.3. The maximum Gasteiger partial charge on any atom is 0.306 e. The van der Waals surface area contributed by atoms with Crippen molar-refractivity contribution >= 4 is 5.97 Å². The van der Waals surface area contributed by atoms with Gasteiger partial charge in [0.15, 0.2) is 0 Å². The Balaban J connectivity index is 2.63. The van der Waals surface area contributed by atoms with Crippen LogP contribution in [-0.4, -0.2) is 12.6 Å². The van der Waals surface area contributed by atoms with Crippen molar-refractivity contribution in [1.29, 1.82) is 5.26 Å². The maximum absolute atomic E-state index is 11.3. The number of hydrogen-bond donors (Lipinski definition) is 0. The molecule has 0 heterocycles. The molecule has 1 rings (SSSR count). The van der Waals surface area contributed by atoms with Gasteiger partial charge in [-0.2, -0.15) is 5.26 Å². The van der Waals surface area contributed by atoms with Crippen LogP contribution in [0.1, 0.15) is 37.3 Å². The summed E-state index contributed by atoms with van der Waals surface area (Å²) in [5.74, 6) is -0.0637. The summed E-state index contributed by atoms with van der Waals surface area (Å²) in [4.78, 5) is 11.3. The summed E-state index contributed by atoms with van der Waals surface area (Å²) in [6.45, 7) is 4.18. The molecule has 0 saturated carbocycles. The summed E-state index contributed by atoms with van der Waals surface area (Å²) in [7, 11) is 0. The number of nitrogens with zero attached hydrogens (tertiary/aromatic N) is 1. The van der Waals surface area contributed by atoms with Crippen molar-refractivity contribution in [3.8, 4) is 6.07 Å². The van der Waals surface area contributed by atoms with Crippen LogP contribution in [0.4, 0.5) is 0 Å². The molecule has 16 heavy (non-hydrogen) atoms. The smallest absolute Gasteiger partial charge is 0.306 e. The van der Waals surface area contributed by atoms with Crippen LogP contribution in [0.25, 0.3) is 0 Å². The van der Waals surface area contributed by atoms with Crippen molar-refractivity contribution in [1.82, 2.24) is 0 Å². The first-order chi connectivity index (χ1) is 7.67. The van der Waals surface area contributed by atoms with Gasteiger partial charge >= 0.3 is 5.97 Å². The summed E-state index contributed by atoms with van der Waals surface area (Å²) in [5, 5.41) is 8.66. The van der Waals surface area contributed by atoms with Gasteiger partial charge in [-0.1, -0.05) is 19.1 Å². The van der Waals surface area contributed by atoms with Gasteiger partial charge < -0.3 is 4.74 Å². The molecule has 0 bridgehead atoms. The fourth-order valence-corrected chi connectivity index (χ4v) is 1.47. The highest BCUT2D eigenvalue weighted by Gasteiger charge is 2.11. The van der Waals surface area contributed by atoms with Crippen LogP contribution in [0.5, 0.6) is 0 Å². The van der Waals surface area contributed by atoms with Crippen LogP contribution in [0.15, 0.2) is 24.3 Å². The van der Waals surface area contributed by atoms with Gasteiger partial charge in [-0.05, 0) is 30.5 Å². The standard InChI is InChI=1S/C13H15NO2/c1-3-16-13(15)8-10(2)12-6-4-11(9-14)5-7-12/h4-7,10H,3,8H2,1-2H3. The average molecular weight is 217 g/mol. The number of nitriles is 1. The summed E-state index contributed by atoms with van der Waals surface area (Å²) < 4.78 is 4.89. The minimum atomic E-state index is -0.181. The van der Waals surface area contributed by atoms with E-state index >= 15 is 0 Å². The molecule has 1 aromatic rings. The largest absolute Gasteiger partial charge is 0.466 e. The molecule has 0 aliphatic carbocycles. The molecule has 1 atom stereocenters.